The van der Waals surface area contributed by atoms with Crippen molar-refractivity contribution < 1.29 is 9.90 Å². The number of aliphatic imine (C=N–C) groups is 1. The van der Waals surface area contributed by atoms with Crippen LogP contribution >= 0.6 is 11.6 Å². The van der Waals surface area contributed by atoms with Gasteiger partial charge >= 0.3 is 0 Å². The highest BCUT2D eigenvalue weighted by atomic mass is 35.5. The molecule has 0 aromatic heterocycles. The van der Waals surface area contributed by atoms with Crippen molar-refractivity contribution in [1.29, 1.82) is 0 Å². The van der Waals surface area contributed by atoms with Crippen LogP contribution in [0.4, 0.5) is 0 Å². The number of nitrogens with one attached hydrogen (secondary N) is 1. The second-order valence-corrected chi connectivity index (χ2v) is 4.82. The maximum atomic E-state index is 11.2. The van der Waals surface area contributed by atoms with Crippen molar-refractivity contribution in [2.75, 3.05) is 5.88 Å². The number of hydrogen-bond acceptors (Lipinski definition) is 4. The minimum atomic E-state index is -0.943. The van der Waals surface area contributed by atoms with Crippen LogP contribution in [0.15, 0.2) is 47.1 Å². The highest BCUT2D eigenvalue weighted by Crippen LogP contribution is 2.06. The van der Waals surface area contributed by atoms with Crippen LogP contribution in [0.3, 0.4) is 0 Å². The third kappa shape index (κ3) is 5.97. The van der Waals surface area contributed by atoms with Gasteiger partial charge in [-0.1, -0.05) is 30.3 Å². The Morgan fingerprint density at radius 2 is 2.14 bits per heavy atom. The van der Waals surface area contributed by atoms with Crippen molar-refractivity contribution >= 4 is 23.7 Å². The van der Waals surface area contributed by atoms with Gasteiger partial charge in [0.25, 0.3) is 0 Å². The molecular formula is C15H20ClN3O2. The molecule has 0 aliphatic rings. The van der Waals surface area contributed by atoms with E-state index in [1.165, 1.54) is 12.4 Å². The molecule has 2 unspecified atom stereocenters. The lowest BCUT2D eigenvalue weighted by molar-refractivity contribution is -0.119. The summed E-state index contributed by atoms with van der Waals surface area (Å²) >= 11 is 5.41. The Hall–Kier alpha value is -1.85. The standard InChI is InChI=1S/C15H20ClN3O2/c1-11(19-14(20)7-16)15(21)13(8-17)10-18-9-12-5-3-2-4-6-12/h2-6,8,10-11,15,21H,7,9,17H2,1H3,(H,19,20)/b13-8+,18-10?. The van der Waals surface area contributed by atoms with Gasteiger partial charge in [0.05, 0.1) is 12.6 Å². The molecule has 1 aromatic rings. The third-order valence-electron chi connectivity index (χ3n) is 2.87. The SMILES string of the molecule is CC(NC(=O)CCl)C(O)/C(C=NCc1ccccc1)=C/N. The predicted octanol–water partition coefficient (Wildman–Crippen LogP) is 1.20. The largest absolute Gasteiger partial charge is 0.404 e. The quantitative estimate of drug-likeness (QED) is 0.522. The number of nitrogens with zero attached hydrogens (tertiary/aromatic N) is 1. The summed E-state index contributed by atoms with van der Waals surface area (Å²) in [5, 5.41) is 12.7. The fraction of sp³-hybridized carbons (Fsp3) is 0.333. The van der Waals surface area contributed by atoms with Crippen molar-refractivity contribution in [3.63, 3.8) is 0 Å². The maximum absolute atomic E-state index is 11.2. The van der Waals surface area contributed by atoms with Crippen molar-refractivity contribution in [3.8, 4) is 0 Å². The highest BCUT2D eigenvalue weighted by Gasteiger charge is 2.19. The highest BCUT2D eigenvalue weighted by molar-refractivity contribution is 6.27. The molecule has 0 aliphatic carbocycles. The van der Waals surface area contributed by atoms with Crippen molar-refractivity contribution in [2.45, 2.75) is 25.6 Å². The van der Waals surface area contributed by atoms with Crippen LogP contribution in [-0.4, -0.2) is 35.3 Å². The normalized spacial score (nSPS) is 14.9. The van der Waals surface area contributed by atoms with Gasteiger partial charge in [0.15, 0.2) is 0 Å². The average molecular weight is 310 g/mol. The molecule has 4 N–H and O–H groups in total. The third-order valence-corrected chi connectivity index (χ3v) is 3.12. The van der Waals surface area contributed by atoms with E-state index in [0.717, 1.165) is 5.56 Å². The maximum Gasteiger partial charge on any atom is 0.235 e. The number of rotatable bonds is 7. The first-order valence-corrected chi connectivity index (χ1v) is 7.11. The summed E-state index contributed by atoms with van der Waals surface area (Å²) in [6, 6.07) is 9.22. The first-order valence-electron chi connectivity index (χ1n) is 6.57. The van der Waals surface area contributed by atoms with Gasteiger partial charge in [0, 0.05) is 18.0 Å². The first-order chi connectivity index (χ1) is 10.1. The monoisotopic (exact) mass is 309 g/mol. The molecule has 0 aliphatic heterocycles. The molecular weight excluding hydrogens is 290 g/mol. The molecule has 21 heavy (non-hydrogen) atoms. The Morgan fingerprint density at radius 1 is 1.48 bits per heavy atom. The molecule has 0 radical (unpaired) electrons. The number of carbonyl (C=O) groups is 1. The number of alkyl halides is 1. The van der Waals surface area contributed by atoms with Gasteiger partial charge in [0.2, 0.25) is 5.91 Å². The van der Waals surface area contributed by atoms with Crippen LogP contribution in [0.2, 0.25) is 0 Å². The van der Waals surface area contributed by atoms with Crippen LogP contribution in [-0.2, 0) is 11.3 Å². The van der Waals surface area contributed by atoms with E-state index < -0.39 is 12.1 Å². The lowest BCUT2D eigenvalue weighted by Crippen LogP contribution is -2.43. The minimum absolute atomic E-state index is 0.152. The number of aliphatic hydroxyl groups is 1. The summed E-state index contributed by atoms with van der Waals surface area (Å²) in [4.78, 5) is 15.4. The molecule has 1 aromatic carbocycles. The second kappa shape index (κ2) is 9.15. The number of amides is 1. The lowest BCUT2D eigenvalue weighted by Gasteiger charge is -2.20. The summed E-state index contributed by atoms with van der Waals surface area (Å²) in [7, 11) is 0. The molecule has 114 valence electrons. The Morgan fingerprint density at radius 3 is 2.71 bits per heavy atom. The van der Waals surface area contributed by atoms with E-state index in [2.05, 4.69) is 10.3 Å². The Bertz CT molecular complexity index is 503. The molecule has 0 spiro atoms. The number of halogens is 1. The number of benzene rings is 1. The fourth-order valence-electron chi connectivity index (χ4n) is 1.72. The topological polar surface area (TPSA) is 87.7 Å². The number of carbonyl (C=O) groups excluding carboxylic acids is 1. The van der Waals surface area contributed by atoms with E-state index in [9.17, 15) is 9.90 Å². The Balaban J connectivity index is 2.59. The van der Waals surface area contributed by atoms with Crippen LogP contribution in [0.1, 0.15) is 12.5 Å². The first kappa shape index (κ1) is 17.2. The smallest absolute Gasteiger partial charge is 0.235 e. The zero-order valence-electron chi connectivity index (χ0n) is 11.9. The van der Waals surface area contributed by atoms with E-state index in [4.69, 9.17) is 17.3 Å². The van der Waals surface area contributed by atoms with Gasteiger partial charge in [-0.3, -0.25) is 9.79 Å². The van der Waals surface area contributed by atoms with E-state index >= 15 is 0 Å². The van der Waals surface area contributed by atoms with Crippen LogP contribution in [0.5, 0.6) is 0 Å². The van der Waals surface area contributed by atoms with Crippen molar-refractivity contribution in [2.24, 2.45) is 10.7 Å². The zero-order valence-corrected chi connectivity index (χ0v) is 12.6. The molecule has 0 saturated heterocycles. The molecule has 0 heterocycles. The fourth-order valence-corrected chi connectivity index (χ4v) is 1.80. The molecule has 0 saturated carbocycles. The lowest BCUT2D eigenvalue weighted by atomic mass is 10.1. The summed E-state index contributed by atoms with van der Waals surface area (Å²) < 4.78 is 0. The molecule has 0 fully saturated rings. The Labute approximate surface area is 129 Å². The van der Waals surface area contributed by atoms with Crippen LogP contribution < -0.4 is 11.1 Å². The van der Waals surface area contributed by atoms with Gasteiger partial charge in [-0.25, -0.2) is 0 Å². The van der Waals surface area contributed by atoms with Gasteiger partial charge in [-0.15, -0.1) is 11.6 Å². The molecule has 1 amide bonds. The summed E-state index contributed by atoms with van der Waals surface area (Å²) in [5.74, 6) is -0.498. The second-order valence-electron chi connectivity index (χ2n) is 4.56. The summed E-state index contributed by atoms with van der Waals surface area (Å²) in [5.41, 5.74) is 7.00. The number of hydrogen-bond donors (Lipinski definition) is 3. The molecule has 1 rings (SSSR count). The van der Waals surface area contributed by atoms with E-state index in [1.54, 1.807) is 6.92 Å². The molecule has 0 bridgehead atoms. The molecule has 2 atom stereocenters. The minimum Gasteiger partial charge on any atom is -0.404 e. The van der Waals surface area contributed by atoms with Gasteiger partial charge in [0.1, 0.15) is 12.0 Å². The Kier molecular flexibility index (Phi) is 7.50. The van der Waals surface area contributed by atoms with Gasteiger partial charge in [-0.2, -0.15) is 0 Å². The van der Waals surface area contributed by atoms with Gasteiger partial charge in [-0.05, 0) is 12.5 Å². The number of aliphatic hydroxyl groups excluding tert-OH is 1. The van der Waals surface area contributed by atoms with Crippen molar-refractivity contribution in [1.82, 2.24) is 5.32 Å². The van der Waals surface area contributed by atoms with E-state index in [1.807, 2.05) is 30.3 Å². The zero-order chi connectivity index (χ0) is 15.7. The molecule has 6 heteroatoms. The predicted molar refractivity (Wildman–Crippen MR) is 85.2 cm³/mol. The van der Waals surface area contributed by atoms with E-state index in [-0.39, 0.29) is 11.8 Å². The number of nitrogens with two attached hydrogens (primary N) is 1. The summed E-state index contributed by atoms with van der Waals surface area (Å²) in [6.45, 7) is 2.16. The van der Waals surface area contributed by atoms with E-state index in [0.29, 0.717) is 12.1 Å². The average Bonchev–Trinajstić information content (AvgIpc) is 2.51. The molecule has 5 nitrogen and oxygen atoms in total. The van der Waals surface area contributed by atoms with Crippen LogP contribution in [0, 0.1) is 0 Å². The van der Waals surface area contributed by atoms with Crippen LogP contribution in [0.25, 0.3) is 0 Å². The van der Waals surface area contributed by atoms with Gasteiger partial charge < -0.3 is 16.2 Å². The summed E-state index contributed by atoms with van der Waals surface area (Å²) in [6.07, 6.45) is 1.85. The van der Waals surface area contributed by atoms with Crippen molar-refractivity contribution in [3.05, 3.63) is 47.7 Å².